The van der Waals surface area contributed by atoms with Crippen LogP contribution in [-0.4, -0.2) is 52.8 Å². The van der Waals surface area contributed by atoms with E-state index in [1.165, 1.54) is 4.90 Å². The van der Waals surface area contributed by atoms with E-state index >= 15 is 0 Å². The lowest BCUT2D eigenvalue weighted by Gasteiger charge is -2.38. The predicted octanol–water partition coefficient (Wildman–Crippen LogP) is 6.08. The van der Waals surface area contributed by atoms with Crippen LogP contribution in [0.5, 0.6) is 5.75 Å². The fourth-order valence-corrected chi connectivity index (χ4v) is 3.54. The molecule has 0 aromatic heterocycles. The number of rotatable bonds is 4. The number of nitrogens with zero attached hydrogens (tertiary/aromatic N) is 3. The number of hydrogen-bond donors (Lipinski definition) is 0. The normalized spacial score (nSPS) is 15.4. The summed E-state index contributed by atoms with van der Waals surface area (Å²) in [6.07, 6.45) is 0.496. The lowest BCUT2D eigenvalue weighted by atomic mass is 10.1. The highest BCUT2D eigenvalue weighted by Crippen LogP contribution is 2.29. The molecule has 8 heteroatoms. The second-order valence-electron chi connectivity index (χ2n) is 10.4. The van der Waals surface area contributed by atoms with E-state index in [2.05, 4.69) is 4.99 Å². The molecule has 0 saturated carbocycles. The molecule has 0 spiro atoms. The van der Waals surface area contributed by atoms with Crippen molar-refractivity contribution in [2.75, 3.05) is 13.7 Å². The van der Waals surface area contributed by atoms with Crippen LogP contribution < -0.4 is 4.74 Å². The van der Waals surface area contributed by atoms with Crippen molar-refractivity contribution in [1.82, 2.24) is 9.80 Å². The van der Waals surface area contributed by atoms with Crippen LogP contribution in [0.4, 0.5) is 9.59 Å². The first kappa shape index (κ1) is 26.8. The summed E-state index contributed by atoms with van der Waals surface area (Å²) in [5, 5.41) is 0. The zero-order valence-electron chi connectivity index (χ0n) is 22.1. The van der Waals surface area contributed by atoms with Crippen LogP contribution in [0.3, 0.4) is 0 Å². The zero-order chi connectivity index (χ0) is 26.5. The van der Waals surface area contributed by atoms with Gasteiger partial charge in [0.15, 0.2) is 0 Å². The molecule has 0 N–H and O–H groups in total. The summed E-state index contributed by atoms with van der Waals surface area (Å²) in [6, 6.07) is 17.0. The molecule has 1 heterocycles. The molecular weight excluding hydrogens is 458 g/mol. The molecule has 0 saturated heterocycles. The van der Waals surface area contributed by atoms with Gasteiger partial charge in [0.25, 0.3) is 0 Å². The Morgan fingerprint density at radius 3 is 2.06 bits per heavy atom. The van der Waals surface area contributed by atoms with Gasteiger partial charge in [0.1, 0.15) is 17.0 Å². The first-order chi connectivity index (χ1) is 16.9. The van der Waals surface area contributed by atoms with E-state index in [9.17, 15) is 9.59 Å². The fourth-order valence-electron chi connectivity index (χ4n) is 3.54. The van der Waals surface area contributed by atoms with Gasteiger partial charge in [0.2, 0.25) is 5.96 Å². The van der Waals surface area contributed by atoms with Crippen LogP contribution in [0.15, 0.2) is 65.7 Å². The van der Waals surface area contributed by atoms with Gasteiger partial charge in [0.05, 0.1) is 12.8 Å². The van der Waals surface area contributed by atoms with Crippen molar-refractivity contribution < 1.29 is 23.8 Å². The molecule has 0 radical (unpaired) electrons. The van der Waals surface area contributed by atoms with E-state index in [-0.39, 0.29) is 5.96 Å². The van der Waals surface area contributed by atoms with Crippen molar-refractivity contribution in [3.63, 3.8) is 0 Å². The number of carbonyl (C=O) groups is 2. The van der Waals surface area contributed by atoms with Crippen molar-refractivity contribution in [3.8, 4) is 5.75 Å². The van der Waals surface area contributed by atoms with Gasteiger partial charge in [-0.3, -0.25) is 0 Å². The summed E-state index contributed by atoms with van der Waals surface area (Å²) in [5.74, 6) is 0.873. The third-order valence-corrected chi connectivity index (χ3v) is 4.99. The van der Waals surface area contributed by atoms with Gasteiger partial charge in [-0.25, -0.2) is 14.5 Å². The van der Waals surface area contributed by atoms with Crippen LogP contribution in [0.25, 0.3) is 5.70 Å². The molecule has 0 fully saturated rings. The quantitative estimate of drug-likeness (QED) is 0.513. The van der Waals surface area contributed by atoms with Crippen molar-refractivity contribution in [3.05, 3.63) is 71.8 Å². The third kappa shape index (κ3) is 7.34. The van der Waals surface area contributed by atoms with Gasteiger partial charge in [-0.2, -0.15) is 0 Å². The number of aliphatic imine (C=N–C) groups is 1. The SMILES string of the molecule is COc1ccc(CN2CC=C(c3ccccc3)N(C(=O)OC(C)(C)C)/C2=N\C(=O)OC(C)(C)C)cc1. The monoisotopic (exact) mass is 493 g/mol. The highest BCUT2D eigenvalue weighted by molar-refractivity contribution is 6.07. The number of guanidine groups is 1. The smallest absolute Gasteiger partial charge is 0.437 e. The Morgan fingerprint density at radius 1 is 0.889 bits per heavy atom. The summed E-state index contributed by atoms with van der Waals surface area (Å²) in [5.41, 5.74) is 0.829. The fraction of sp³-hybridized carbons (Fsp3) is 0.393. The average molecular weight is 494 g/mol. The minimum absolute atomic E-state index is 0.135. The Balaban J connectivity index is 2.10. The molecule has 0 aliphatic carbocycles. The lowest BCUT2D eigenvalue weighted by Crippen LogP contribution is -2.51. The Bertz CT molecular complexity index is 1130. The molecular formula is C28H35N3O5. The molecule has 3 rings (SSSR count). The maximum absolute atomic E-state index is 13.5. The molecule has 2 amide bonds. The largest absolute Gasteiger partial charge is 0.497 e. The van der Waals surface area contributed by atoms with Crippen LogP contribution in [0.1, 0.15) is 52.7 Å². The zero-order valence-corrected chi connectivity index (χ0v) is 22.1. The van der Waals surface area contributed by atoms with Crippen LogP contribution >= 0.6 is 0 Å². The Labute approximate surface area is 213 Å². The summed E-state index contributed by atoms with van der Waals surface area (Å²) in [7, 11) is 1.61. The molecule has 0 bridgehead atoms. The number of methoxy groups -OCH3 is 1. The van der Waals surface area contributed by atoms with Crippen molar-refractivity contribution in [2.24, 2.45) is 4.99 Å². The second kappa shape index (κ2) is 10.8. The Morgan fingerprint density at radius 2 is 1.50 bits per heavy atom. The first-order valence-corrected chi connectivity index (χ1v) is 11.8. The van der Waals surface area contributed by atoms with Gasteiger partial charge in [-0.15, -0.1) is 4.99 Å². The standard InChI is InChI=1S/C28H35N3O5/c1-27(2,3)35-25(32)29-24-30(19-20-13-15-22(34-7)16-14-20)18-17-23(21-11-9-8-10-12-21)31(24)26(33)36-28(4,5)6/h8-17H,18-19H2,1-7H3/b29-24-. The van der Waals surface area contributed by atoms with E-state index in [1.54, 1.807) is 48.7 Å². The van der Waals surface area contributed by atoms with Crippen LogP contribution in [0, 0.1) is 0 Å². The molecule has 1 aliphatic heterocycles. The lowest BCUT2D eigenvalue weighted by molar-refractivity contribution is 0.0416. The maximum atomic E-state index is 13.5. The predicted molar refractivity (Wildman–Crippen MR) is 140 cm³/mol. The van der Waals surface area contributed by atoms with Crippen molar-refractivity contribution in [1.29, 1.82) is 0 Å². The van der Waals surface area contributed by atoms with Crippen molar-refractivity contribution >= 4 is 23.8 Å². The number of carbonyl (C=O) groups excluding carboxylic acids is 2. The summed E-state index contributed by atoms with van der Waals surface area (Å²) in [4.78, 5) is 33.9. The van der Waals surface area contributed by atoms with E-state index in [4.69, 9.17) is 14.2 Å². The van der Waals surface area contributed by atoms with Gasteiger partial charge in [-0.05, 0) is 70.9 Å². The van der Waals surface area contributed by atoms with Crippen LogP contribution in [0.2, 0.25) is 0 Å². The molecule has 0 unspecified atom stereocenters. The minimum Gasteiger partial charge on any atom is -0.497 e. The molecule has 2 aromatic rings. The molecule has 36 heavy (non-hydrogen) atoms. The van der Waals surface area contributed by atoms with E-state index in [0.29, 0.717) is 18.8 Å². The summed E-state index contributed by atoms with van der Waals surface area (Å²) >= 11 is 0. The average Bonchev–Trinajstić information content (AvgIpc) is 2.78. The molecule has 2 aromatic carbocycles. The van der Waals surface area contributed by atoms with E-state index in [1.807, 2.05) is 65.6 Å². The number of hydrogen-bond acceptors (Lipinski definition) is 5. The summed E-state index contributed by atoms with van der Waals surface area (Å²) in [6.45, 7) is 11.5. The second-order valence-corrected chi connectivity index (χ2v) is 10.4. The van der Waals surface area contributed by atoms with Crippen LogP contribution in [-0.2, 0) is 16.0 Å². The third-order valence-electron chi connectivity index (χ3n) is 4.99. The first-order valence-electron chi connectivity index (χ1n) is 11.8. The number of amides is 2. The van der Waals surface area contributed by atoms with Gasteiger partial charge >= 0.3 is 12.2 Å². The van der Waals surface area contributed by atoms with Gasteiger partial charge in [0, 0.05) is 13.1 Å². The molecule has 1 aliphatic rings. The highest BCUT2D eigenvalue weighted by atomic mass is 16.6. The number of benzene rings is 2. The molecule has 8 nitrogen and oxygen atoms in total. The van der Waals surface area contributed by atoms with Gasteiger partial charge < -0.3 is 19.1 Å². The van der Waals surface area contributed by atoms with Crippen molar-refractivity contribution in [2.45, 2.75) is 59.3 Å². The topological polar surface area (TPSA) is 80.7 Å². The Kier molecular flexibility index (Phi) is 8.07. The van der Waals surface area contributed by atoms with E-state index in [0.717, 1.165) is 16.9 Å². The maximum Gasteiger partial charge on any atom is 0.437 e. The molecule has 0 atom stereocenters. The molecule has 192 valence electrons. The van der Waals surface area contributed by atoms with Gasteiger partial charge in [-0.1, -0.05) is 42.5 Å². The summed E-state index contributed by atoms with van der Waals surface area (Å²) < 4.78 is 16.5. The minimum atomic E-state index is -0.792. The Hall–Kier alpha value is -3.81. The van der Waals surface area contributed by atoms with E-state index < -0.39 is 23.4 Å². The number of ether oxygens (including phenoxy) is 3. The highest BCUT2D eigenvalue weighted by Gasteiger charge is 2.36.